The molecule has 0 atom stereocenters. The van der Waals surface area contributed by atoms with E-state index in [1.54, 1.807) is 6.07 Å². The van der Waals surface area contributed by atoms with E-state index in [4.69, 9.17) is 0 Å². The van der Waals surface area contributed by atoms with Crippen LogP contribution in [0.4, 0.5) is 0 Å². The number of benzene rings is 3. The molecule has 0 N–H and O–H groups in total. The number of carbonyl (C=O) groups is 3. The van der Waals surface area contributed by atoms with Crippen molar-refractivity contribution >= 4 is 40.4 Å². The summed E-state index contributed by atoms with van der Waals surface area (Å²) >= 11 is 0. The Morgan fingerprint density at radius 3 is 1.90 bits per heavy atom. The molecule has 3 rings (SSSR count). The smallest absolute Gasteiger partial charge is 0.151 e. The molecule has 0 radical (unpaired) electrons. The Balaban J connectivity index is 2.54. The molecule has 20 heavy (non-hydrogen) atoms. The Morgan fingerprint density at radius 1 is 0.650 bits per heavy atom. The Hall–Kier alpha value is -2.81. The molecule has 0 aliphatic rings. The van der Waals surface area contributed by atoms with Crippen molar-refractivity contribution in [2.75, 3.05) is 0 Å². The van der Waals surface area contributed by atoms with Crippen molar-refractivity contribution in [1.29, 1.82) is 0 Å². The summed E-state index contributed by atoms with van der Waals surface area (Å²) < 4.78 is 0. The Kier molecular flexibility index (Phi) is 2.88. The van der Waals surface area contributed by atoms with Gasteiger partial charge in [-0.3, -0.25) is 14.4 Å². The van der Waals surface area contributed by atoms with E-state index < -0.39 is 0 Å². The zero-order valence-electron chi connectivity index (χ0n) is 10.5. The largest absolute Gasteiger partial charge is 0.298 e. The molecule has 0 heterocycles. The molecule has 0 aromatic heterocycles. The number of aldehydes is 3. The first kappa shape index (κ1) is 12.2. The van der Waals surface area contributed by atoms with E-state index in [2.05, 4.69) is 0 Å². The van der Waals surface area contributed by atoms with E-state index in [1.165, 1.54) is 0 Å². The molecular formula is C17H10O3. The van der Waals surface area contributed by atoms with Crippen LogP contribution in [0.2, 0.25) is 0 Å². The average Bonchev–Trinajstić information content (AvgIpc) is 2.50. The van der Waals surface area contributed by atoms with Crippen LogP contribution in [-0.2, 0) is 0 Å². The van der Waals surface area contributed by atoms with Crippen molar-refractivity contribution in [3.63, 3.8) is 0 Å². The van der Waals surface area contributed by atoms with E-state index in [1.807, 2.05) is 36.4 Å². The van der Waals surface area contributed by atoms with Gasteiger partial charge in [0.2, 0.25) is 0 Å². The maximum Gasteiger partial charge on any atom is 0.151 e. The highest BCUT2D eigenvalue weighted by molar-refractivity contribution is 6.12. The molecule has 0 unspecified atom stereocenters. The molecule has 3 nitrogen and oxygen atoms in total. The first-order valence-corrected chi connectivity index (χ1v) is 6.13. The predicted molar refractivity (Wildman–Crippen MR) is 77.6 cm³/mol. The lowest BCUT2D eigenvalue weighted by Crippen LogP contribution is -1.99. The second-order valence-corrected chi connectivity index (χ2v) is 4.57. The minimum atomic E-state index is 0.151. The zero-order valence-corrected chi connectivity index (χ0v) is 10.5. The van der Waals surface area contributed by atoms with Gasteiger partial charge in [-0.1, -0.05) is 24.3 Å². The minimum absolute atomic E-state index is 0.151. The lowest BCUT2D eigenvalue weighted by molar-refractivity contribution is 0.108. The molecule has 96 valence electrons. The van der Waals surface area contributed by atoms with Crippen LogP contribution in [0.5, 0.6) is 0 Å². The van der Waals surface area contributed by atoms with E-state index in [0.717, 1.165) is 16.2 Å². The average molecular weight is 262 g/mol. The van der Waals surface area contributed by atoms with Crippen molar-refractivity contribution in [3.8, 4) is 0 Å². The van der Waals surface area contributed by atoms with Gasteiger partial charge in [0.15, 0.2) is 18.9 Å². The maximum absolute atomic E-state index is 11.3. The lowest BCUT2D eigenvalue weighted by atomic mass is 9.93. The number of hydrogen-bond donors (Lipinski definition) is 0. The highest BCUT2D eigenvalue weighted by Gasteiger charge is 2.12. The molecule has 0 aliphatic heterocycles. The summed E-state index contributed by atoms with van der Waals surface area (Å²) in [5, 5.41) is 3.47. The molecule has 0 aliphatic carbocycles. The Labute approximate surface area is 114 Å². The van der Waals surface area contributed by atoms with Gasteiger partial charge >= 0.3 is 0 Å². The van der Waals surface area contributed by atoms with Crippen LogP contribution in [0, 0.1) is 0 Å². The first-order chi connectivity index (χ1) is 9.78. The SMILES string of the molecule is O=Cc1cc2cc3ccccc3cc2c(C=O)c1C=O. The van der Waals surface area contributed by atoms with E-state index >= 15 is 0 Å². The molecule has 0 saturated heterocycles. The van der Waals surface area contributed by atoms with Gasteiger partial charge in [-0.2, -0.15) is 0 Å². The van der Waals surface area contributed by atoms with E-state index in [9.17, 15) is 14.4 Å². The number of fused-ring (bicyclic) bond motifs is 2. The summed E-state index contributed by atoms with van der Waals surface area (Å²) in [6, 6.07) is 13.2. The van der Waals surface area contributed by atoms with Crippen molar-refractivity contribution in [1.82, 2.24) is 0 Å². The molecule has 0 bridgehead atoms. The molecule has 3 aromatic rings. The van der Waals surface area contributed by atoms with Crippen LogP contribution < -0.4 is 0 Å². The second kappa shape index (κ2) is 4.70. The van der Waals surface area contributed by atoms with Gasteiger partial charge in [-0.25, -0.2) is 0 Å². The highest BCUT2D eigenvalue weighted by Crippen LogP contribution is 2.28. The lowest BCUT2D eigenvalue weighted by Gasteiger charge is -2.08. The third-order valence-corrected chi connectivity index (χ3v) is 3.48. The standard InChI is InChI=1S/C17H10O3/c18-8-14-6-13-5-11-3-1-2-4-12(11)7-15(13)17(10-20)16(14)9-19/h1-10H. The second-order valence-electron chi connectivity index (χ2n) is 4.57. The minimum Gasteiger partial charge on any atom is -0.298 e. The summed E-state index contributed by atoms with van der Waals surface area (Å²) in [5.41, 5.74) is 0.660. The number of hydrogen-bond acceptors (Lipinski definition) is 3. The van der Waals surface area contributed by atoms with Crippen LogP contribution in [0.3, 0.4) is 0 Å². The molecule has 3 heteroatoms. The molecule has 3 aromatic carbocycles. The Morgan fingerprint density at radius 2 is 1.30 bits per heavy atom. The quantitative estimate of drug-likeness (QED) is 0.536. The maximum atomic E-state index is 11.3. The highest BCUT2D eigenvalue weighted by atomic mass is 16.1. The molecule has 0 fully saturated rings. The summed E-state index contributed by atoms with van der Waals surface area (Å²) in [5.74, 6) is 0. The van der Waals surface area contributed by atoms with Crippen molar-refractivity contribution in [2.45, 2.75) is 0 Å². The third kappa shape index (κ3) is 1.72. The molecule has 0 amide bonds. The van der Waals surface area contributed by atoms with Crippen molar-refractivity contribution in [3.05, 3.63) is 59.2 Å². The van der Waals surface area contributed by atoms with Gasteiger partial charge in [0.1, 0.15) is 0 Å². The zero-order chi connectivity index (χ0) is 14.1. The summed E-state index contributed by atoms with van der Waals surface area (Å²) in [6.45, 7) is 0. The van der Waals surface area contributed by atoms with Crippen LogP contribution in [-0.4, -0.2) is 18.9 Å². The summed E-state index contributed by atoms with van der Waals surface area (Å²) in [7, 11) is 0. The van der Waals surface area contributed by atoms with Gasteiger partial charge in [-0.05, 0) is 39.7 Å². The van der Waals surface area contributed by atoms with Gasteiger partial charge in [-0.15, -0.1) is 0 Å². The fraction of sp³-hybridized carbons (Fsp3) is 0. The first-order valence-electron chi connectivity index (χ1n) is 6.13. The molecule has 0 spiro atoms. The predicted octanol–water partition coefficient (Wildman–Crippen LogP) is 3.43. The van der Waals surface area contributed by atoms with E-state index in [0.29, 0.717) is 24.2 Å². The third-order valence-electron chi connectivity index (χ3n) is 3.48. The monoisotopic (exact) mass is 262 g/mol. The van der Waals surface area contributed by atoms with Crippen LogP contribution in [0.25, 0.3) is 21.5 Å². The normalized spacial score (nSPS) is 10.6. The van der Waals surface area contributed by atoms with E-state index in [-0.39, 0.29) is 16.7 Å². The van der Waals surface area contributed by atoms with Gasteiger partial charge in [0.05, 0.1) is 0 Å². The van der Waals surface area contributed by atoms with Gasteiger partial charge in [0, 0.05) is 16.7 Å². The summed E-state index contributed by atoms with van der Waals surface area (Å²) in [6.07, 6.45) is 1.79. The van der Waals surface area contributed by atoms with Crippen LogP contribution in [0.1, 0.15) is 31.1 Å². The Bertz CT molecular complexity index is 863. The fourth-order valence-corrected chi connectivity index (χ4v) is 2.51. The topological polar surface area (TPSA) is 51.2 Å². The summed E-state index contributed by atoms with van der Waals surface area (Å²) in [4.78, 5) is 33.6. The van der Waals surface area contributed by atoms with Crippen LogP contribution in [0.15, 0.2) is 42.5 Å². The van der Waals surface area contributed by atoms with Crippen LogP contribution >= 0.6 is 0 Å². The van der Waals surface area contributed by atoms with Gasteiger partial charge < -0.3 is 0 Å². The van der Waals surface area contributed by atoms with Crippen molar-refractivity contribution in [2.24, 2.45) is 0 Å². The fourth-order valence-electron chi connectivity index (χ4n) is 2.51. The van der Waals surface area contributed by atoms with Gasteiger partial charge in [0.25, 0.3) is 0 Å². The molecular weight excluding hydrogens is 252 g/mol. The van der Waals surface area contributed by atoms with Crippen molar-refractivity contribution < 1.29 is 14.4 Å². The molecule has 0 saturated carbocycles. The number of rotatable bonds is 3. The number of carbonyl (C=O) groups excluding carboxylic acids is 3.